The fourth-order valence-electron chi connectivity index (χ4n) is 2.15. The topological polar surface area (TPSA) is 101 Å². The number of thiocarbonyl (C=S) groups is 1. The van der Waals surface area contributed by atoms with Gasteiger partial charge in [0.05, 0.1) is 11.5 Å². The van der Waals surface area contributed by atoms with E-state index in [0.717, 1.165) is 25.7 Å². The Morgan fingerprint density at radius 3 is 2.29 bits per heavy atom. The van der Waals surface area contributed by atoms with E-state index in [1.807, 2.05) is 10.2 Å². The van der Waals surface area contributed by atoms with Crippen molar-refractivity contribution in [2.75, 3.05) is 13.1 Å². The molecule has 3 amide bonds. The molecule has 1 saturated carbocycles. The Bertz CT molecular complexity index is 315. The SMILES string of the molecule is NC(=O)NC(=O)CN(CC(N)=S)C1CCCC1. The molecule has 0 unspecified atom stereocenters. The van der Waals surface area contributed by atoms with Gasteiger partial charge in [0.1, 0.15) is 0 Å². The summed E-state index contributed by atoms with van der Waals surface area (Å²) in [7, 11) is 0. The molecule has 0 aromatic heterocycles. The van der Waals surface area contributed by atoms with Gasteiger partial charge in [0.2, 0.25) is 5.91 Å². The lowest BCUT2D eigenvalue weighted by Crippen LogP contribution is -2.47. The number of rotatable bonds is 5. The van der Waals surface area contributed by atoms with Crippen molar-refractivity contribution in [3.8, 4) is 0 Å². The van der Waals surface area contributed by atoms with Gasteiger partial charge in [-0.05, 0) is 12.8 Å². The van der Waals surface area contributed by atoms with Crippen LogP contribution in [0.4, 0.5) is 4.79 Å². The zero-order chi connectivity index (χ0) is 12.8. The molecule has 0 aromatic rings. The summed E-state index contributed by atoms with van der Waals surface area (Å²) in [5.41, 5.74) is 10.4. The third kappa shape index (κ3) is 5.10. The van der Waals surface area contributed by atoms with Gasteiger partial charge < -0.3 is 11.5 Å². The average Bonchev–Trinajstić information content (AvgIpc) is 2.66. The van der Waals surface area contributed by atoms with E-state index >= 15 is 0 Å². The van der Waals surface area contributed by atoms with Crippen molar-refractivity contribution >= 4 is 29.1 Å². The molecular weight excluding hydrogens is 240 g/mol. The summed E-state index contributed by atoms with van der Waals surface area (Å²) in [6.07, 6.45) is 4.37. The van der Waals surface area contributed by atoms with Crippen LogP contribution >= 0.6 is 12.2 Å². The van der Waals surface area contributed by atoms with E-state index in [9.17, 15) is 9.59 Å². The summed E-state index contributed by atoms with van der Waals surface area (Å²) in [5, 5.41) is 2.04. The fraction of sp³-hybridized carbons (Fsp3) is 0.700. The molecule has 0 heterocycles. The van der Waals surface area contributed by atoms with Gasteiger partial charge in [-0.1, -0.05) is 25.1 Å². The molecule has 7 heteroatoms. The van der Waals surface area contributed by atoms with E-state index in [1.54, 1.807) is 0 Å². The molecule has 1 aliphatic rings. The van der Waals surface area contributed by atoms with Crippen molar-refractivity contribution in [3.05, 3.63) is 0 Å². The molecule has 0 aliphatic heterocycles. The van der Waals surface area contributed by atoms with Gasteiger partial charge in [0, 0.05) is 12.6 Å². The third-order valence-corrected chi connectivity index (χ3v) is 2.94. The van der Waals surface area contributed by atoms with Gasteiger partial charge >= 0.3 is 6.03 Å². The number of hydrogen-bond donors (Lipinski definition) is 3. The standard InChI is InChI=1S/C10H18N4O2S/c11-8(17)5-14(7-3-1-2-4-7)6-9(15)13-10(12)16/h7H,1-6H2,(H2,11,17)(H3,12,13,15,16). The van der Waals surface area contributed by atoms with Crippen LogP contribution in [0.5, 0.6) is 0 Å². The third-order valence-electron chi connectivity index (χ3n) is 2.81. The first-order chi connectivity index (χ1) is 7.99. The predicted octanol–water partition coefficient (Wildman–Crippen LogP) is -0.288. The molecule has 0 atom stereocenters. The molecule has 0 saturated heterocycles. The van der Waals surface area contributed by atoms with Crippen LogP contribution in [0.3, 0.4) is 0 Å². The molecule has 96 valence electrons. The van der Waals surface area contributed by atoms with E-state index in [2.05, 4.69) is 0 Å². The van der Waals surface area contributed by atoms with Gasteiger partial charge in [-0.15, -0.1) is 0 Å². The van der Waals surface area contributed by atoms with E-state index in [4.69, 9.17) is 23.7 Å². The quantitative estimate of drug-likeness (QED) is 0.588. The van der Waals surface area contributed by atoms with Crippen LogP contribution in [0.2, 0.25) is 0 Å². The predicted molar refractivity (Wildman–Crippen MR) is 68.3 cm³/mol. The smallest absolute Gasteiger partial charge is 0.318 e. The van der Waals surface area contributed by atoms with Gasteiger partial charge in [-0.3, -0.25) is 15.0 Å². The van der Waals surface area contributed by atoms with Crippen LogP contribution in [0.25, 0.3) is 0 Å². The number of carbonyl (C=O) groups is 2. The number of amides is 3. The molecule has 6 nitrogen and oxygen atoms in total. The van der Waals surface area contributed by atoms with Crippen LogP contribution in [0.15, 0.2) is 0 Å². The second-order valence-corrected chi connectivity index (χ2v) is 4.75. The highest BCUT2D eigenvalue weighted by atomic mass is 32.1. The summed E-state index contributed by atoms with van der Waals surface area (Å²) < 4.78 is 0. The Morgan fingerprint density at radius 1 is 1.24 bits per heavy atom. The molecule has 0 bridgehead atoms. The zero-order valence-electron chi connectivity index (χ0n) is 9.65. The Hall–Kier alpha value is -1.21. The number of nitrogens with two attached hydrogens (primary N) is 2. The minimum atomic E-state index is -0.836. The Morgan fingerprint density at radius 2 is 1.82 bits per heavy atom. The summed E-state index contributed by atoms with van der Waals surface area (Å²) in [4.78, 5) is 24.3. The lowest BCUT2D eigenvalue weighted by atomic mass is 10.2. The van der Waals surface area contributed by atoms with E-state index in [-0.39, 0.29) is 6.54 Å². The Labute approximate surface area is 106 Å². The summed E-state index contributed by atoms with van der Waals surface area (Å²) in [6, 6.07) is -0.521. The second-order valence-electron chi connectivity index (χ2n) is 4.22. The van der Waals surface area contributed by atoms with E-state index < -0.39 is 11.9 Å². The van der Waals surface area contributed by atoms with Gasteiger partial charge in [0.25, 0.3) is 0 Å². The molecule has 0 spiro atoms. The molecule has 1 fully saturated rings. The highest BCUT2D eigenvalue weighted by Gasteiger charge is 2.24. The van der Waals surface area contributed by atoms with Crippen molar-refractivity contribution in [3.63, 3.8) is 0 Å². The van der Waals surface area contributed by atoms with Crippen LogP contribution < -0.4 is 16.8 Å². The largest absolute Gasteiger partial charge is 0.392 e. The van der Waals surface area contributed by atoms with Crippen molar-refractivity contribution < 1.29 is 9.59 Å². The number of urea groups is 1. The van der Waals surface area contributed by atoms with Crippen molar-refractivity contribution in [1.82, 2.24) is 10.2 Å². The summed E-state index contributed by atoms with van der Waals surface area (Å²) in [5.74, 6) is -0.416. The van der Waals surface area contributed by atoms with Crippen LogP contribution in [0.1, 0.15) is 25.7 Å². The second kappa shape index (κ2) is 6.51. The fourth-order valence-corrected chi connectivity index (χ4v) is 2.31. The van der Waals surface area contributed by atoms with E-state index in [0.29, 0.717) is 17.6 Å². The normalized spacial score (nSPS) is 16.1. The first-order valence-electron chi connectivity index (χ1n) is 5.60. The van der Waals surface area contributed by atoms with Gasteiger partial charge in [0.15, 0.2) is 0 Å². The molecule has 1 aliphatic carbocycles. The number of nitrogens with one attached hydrogen (secondary N) is 1. The van der Waals surface area contributed by atoms with Crippen LogP contribution in [0, 0.1) is 0 Å². The first-order valence-corrected chi connectivity index (χ1v) is 6.01. The van der Waals surface area contributed by atoms with Crippen LogP contribution in [-0.4, -0.2) is 41.0 Å². The number of primary amides is 1. The zero-order valence-corrected chi connectivity index (χ0v) is 10.5. The number of nitrogens with zero attached hydrogens (tertiary/aromatic N) is 1. The number of hydrogen-bond acceptors (Lipinski definition) is 4. The lowest BCUT2D eigenvalue weighted by molar-refractivity contribution is -0.121. The monoisotopic (exact) mass is 258 g/mol. The Balaban J connectivity index is 2.53. The molecule has 1 rings (SSSR count). The van der Waals surface area contributed by atoms with Crippen LogP contribution in [-0.2, 0) is 4.79 Å². The maximum Gasteiger partial charge on any atom is 0.318 e. The summed E-state index contributed by atoms with van der Waals surface area (Å²) >= 11 is 4.86. The molecule has 5 N–H and O–H groups in total. The average molecular weight is 258 g/mol. The number of carbonyl (C=O) groups excluding carboxylic acids is 2. The summed E-state index contributed by atoms with van der Waals surface area (Å²) in [6.45, 7) is 0.497. The molecule has 0 aromatic carbocycles. The molecule has 0 radical (unpaired) electrons. The highest BCUT2D eigenvalue weighted by molar-refractivity contribution is 7.80. The number of imide groups is 1. The molecule has 17 heavy (non-hydrogen) atoms. The van der Waals surface area contributed by atoms with Crippen molar-refractivity contribution in [1.29, 1.82) is 0 Å². The Kier molecular flexibility index (Phi) is 5.30. The highest BCUT2D eigenvalue weighted by Crippen LogP contribution is 2.22. The minimum absolute atomic E-state index is 0.102. The van der Waals surface area contributed by atoms with Crippen molar-refractivity contribution in [2.45, 2.75) is 31.7 Å². The maximum absolute atomic E-state index is 11.5. The minimum Gasteiger partial charge on any atom is -0.392 e. The molecular formula is C10H18N4O2S. The van der Waals surface area contributed by atoms with Gasteiger partial charge in [-0.2, -0.15) is 0 Å². The maximum atomic E-state index is 11.5. The van der Waals surface area contributed by atoms with Gasteiger partial charge in [-0.25, -0.2) is 4.79 Å². The lowest BCUT2D eigenvalue weighted by Gasteiger charge is -2.27. The van der Waals surface area contributed by atoms with E-state index in [1.165, 1.54) is 0 Å². The first kappa shape index (κ1) is 13.9. The van der Waals surface area contributed by atoms with Crippen molar-refractivity contribution in [2.24, 2.45) is 11.5 Å².